The molecular weight excluding hydrogens is 283 g/mol. The molecule has 0 aliphatic carbocycles. The maximum atomic E-state index is 14.0. The van der Waals surface area contributed by atoms with Crippen LogP contribution < -0.4 is 11.5 Å². The molecule has 0 aliphatic heterocycles. The molecule has 2 aromatic rings. The lowest BCUT2D eigenvalue weighted by Crippen LogP contribution is -1.98. The third-order valence-corrected chi connectivity index (χ3v) is 4.40. The number of nitrogen functional groups attached to an aromatic ring is 2. The average Bonchev–Trinajstić information content (AvgIpc) is 2.38. The van der Waals surface area contributed by atoms with E-state index >= 15 is 0 Å². The number of anilines is 2. The van der Waals surface area contributed by atoms with E-state index in [4.69, 9.17) is 23.1 Å². The van der Waals surface area contributed by atoms with Crippen molar-refractivity contribution in [3.05, 3.63) is 52.3 Å². The molecule has 0 fully saturated rings. The van der Waals surface area contributed by atoms with Crippen molar-refractivity contribution in [2.45, 2.75) is 17.6 Å². The Kier molecular flexibility index (Phi) is 4.22. The van der Waals surface area contributed by atoms with Gasteiger partial charge < -0.3 is 11.5 Å². The first-order valence-corrected chi connectivity index (χ1v) is 7.07. The predicted octanol–water partition coefficient (Wildman–Crippen LogP) is 4.24. The van der Waals surface area contributed by atoms with Crippen LogP contribution >= 0.6 is 23.4 Å². The maximum absolute atomic E-state index is 14.0. The minimum Gasteiger partial charge on any atom is -0.398 e. The largest absolute Gasteiger partial charge is 0.398 e. The van der Waals surface area contributed by atoms with E-state index < -0.39 is 5.82 Å². The SMILES string of the molecule is Cc1ccccc1CSc1c(N)cc(N)c(Cl)c1F. The van der Waals surface area contributed by atoms with Crippen LogP contribution in [0.1, 0.15) is 11.1 Å². The Bertz CT molecular complexity index is 617. The van der Waals surface area contributed by atoms with Crippen LogP contribution in [0.2, 0.25) is 5.02 Å². The molecule has 0 bridgehead atoms. The van der Waals surface area contributed by atoms with Crippen molar-refractivity contribution >= 4 is 34.7 Å². The molecule has 0 aliphatic rings. The monoisotopic (exact) mass is 296 g/mol. The Morgan fingerprint density at radius 1 is 1.21 bits per heavy atom. The minimum absolute atomic E-state index is 0.0681. The third kappa shape index (κ3) is 2.96. The van der Waals surface area contributed by atoms with E-state index in [1.54, 1.807) is 0 Å². The molecule has 2 aromatic carbocycles. The molecule has 4 N–H and O–H groups in total. The smallest absolute Gasteiger partial charge is 0.159 e. The van der Waals surface area contributed by atoms with Crippen LogP contribution in [0.5, 0.6) is 0 Å². The molecule has 2 rings (SSSR count). The Morgan fingerprint density at radius 2 is 1.89 bits per heavy atom. The van der Waals surface area contributed by atoms with E-state index in [0.29, 0.717) is 16.3 Å². The minimum atomic E-state index is -0.544. The molecule has 0 radical (unpaired) electrons. The van der Waals surface area contributed by atoms with Crippen molar-refractivity contribution in [1.82, 2.24) is 0 Å². The van der Waals surface area contributed by atoms with Crippen molar-refractivity contribution in [3.8, 4) is 0 Å². The highest BCUT2D eigenvalue weighted by Gasteiger charge is 2.15. The number of rotatable bonds is 3. The van der Waals surface area contributed by atoms with E-state index in [-0.39, 0.29) is 10.7 Å². The van der Waals surface area contributed by atoms with Crippen molar-refractivity contribution in [2.75, 3.05) is 11.5 Å². The number of hydrogen-bond donors (Lipinski definition) is 2. The van der Waals surface area contributed by atoms with Crippen LogP contribution in [-0.2, 0) is 5.75 Å². The van der Waals surface area contributed by atoms with Gasteiger partial charge in [-0.25, -0.2) is 4.39 Å². The fraction of sp³-hybridized carbons (Fsp3) is 0.143. The fourth-order valence-electron chi connectivity index (χ4n) is 1.72. The van der Waals surface area contributed by atoms with Crippen LogP contribution in [-0.4, -0.2) is 0 Å². The highest BCUT2D eigenvalue weighted by molar-refractivity contribution is 7.98. The van der Waals surface area contributed by atoms with Gasteiger partial charge in [-0.2, -0.15) is 0 Å². The highest BCUT2D eigenvalue weighted by Crippen LogP contribution is 2.37. The molecule has 0 saturated carbocycles. The second kappa shape index (κ2) is 5.72. The second-order valence-electron chi connectivity index (χ2n) is 4.23. The van der Waals surface area contributed by atoms with Crippen LogP contribution in [0.4, 0.5) is 15.8 Å². The molecular formula is C14H14ClFN2S. The predicted molar refractivity (Wildman–Crippen MR) is 81.0 cm³/mol. The average molecular weight is 297 g/mol. The zero-order chi connectivity index (χ0) is 14.0. The number of hydrogen-bond acceptors (Lipinski definition) is 3. The number of benzene rings is 2. The number of thioether (sulfide) groups is 1. The number of halogens is 2. The summed E-state index contributed by atoms with van der Waals surface area (Å²) in [7, 11) is 0. The summed E-state index contributed by atoms with van der Waals surface area (Å²) in [6.45, 7) is 2.02. The summed E-state index contributed by atoms with van der Waals surface area (Å²) in [4.78, 5) is 0.349. The summed E-state index contributed by atoms with van der Waals surface area (Å²) in [6.07, 6.45) is 0. The third-order valence-electron chi connectivity index (χ3n) is 2.85. The molecule has 2 nitrogen and oxygen atoms in total. The normalized spacial score (nSPS) is 10.7. The van der Waals surface area contributed by atoms with Gasteiger partial charge in [0, 0.05) is 5.75 Å². The van der Waals surface area contributed by atoms with Crippen molar-refractivity contribution in [2.24, 2.45) is 0 Å². The standard InChI is InChI=1S/C14H14ClFN2S/c1-8-4-2-3-5-9(8)7-19-14-11(18)6-10(17)12(15)13(14)16/h2-6H,7,17-18H2,1H3. The lowest BCUT2D eigenvalue weighted by molar-refractivity contribution is 0.604. The van der Waals surface area contributed by atoms with Gasteiger partial charge in [-0.15, -0.1) is 11.8 Å². The van der Waals surface area contributed by atoms with Gasteiger partial charge in [-0.1, -0.05) is 35.9 Å². The van der Waals surface area contributed by atoms with Gasteiger partial charge in [0.2, 0.25) is 0 Å². The van der Waals surface area contributed by atoms with E-state index in [9.17, 15) is 4.39 Å². The van der Waals surface area contributed by atoms with Crippen molar-refractivity contribution < 1.29 is 4.39 Å². The molecule has 0 heterocycles. The van der Waals surface area contributed by atoms with Crippen molar-refractivity contribution in [1.29, 1.82) is 0 Å². The Hall–Kier alpha value is -1.39. The zero-order valence-electron chi connectivity index (χ0n) is 10.4. The van der Waals surface area contributed by atoms with E-state index in [1.807, 2.05) is 31.2 Å². The van der Waals surface area contributed by atoms with Crippen LogP contribution in [0.3, 0.4) is 0 Å². The first-order chi connectivity index (χ1) is 9.00. The van der Waals surface area contributed by atoms with Gasteiger partial charge in [0.1, 0.15) is 5.02 Å². The highest BCUT2D eigenvalue weighted by atomic mass is 35.5. The molecule has 0 saturated heterocycles. The first-order valence-electron chi connectivity index (χ1n) is 5.71. The van der Waals surface area contributed by atoms with E-state index in [0.717, 1.165) is 11.1 Å². The van der Waals surface area contributed by atoms with Crippen LogP contribution in [0.25, 0.3) is 0 Å². The van der Waals surface area contributed by atoms with Gasteiger partial charge in [0.05, 0.1) is 16.3 Å². The molecule has 0 aromatic heterocycles. The summed E-state index contributed by atoms with van der Waals surface area (Å²) in [5.41, 5.74) is 14.1. The maximum Gasteiger partial charge on any atom is 0.159 e. The molecule has 0 spiro atoms. The Balaban J connectivity index is 2.26. The summed E-state index contributed by atoms with van der Waals surface area (Å²) in [5, 5.41) is -0.0681. The van der Waals surface area contributed by atoms with Gasteiger partial charge >= 0.3 is 0 Å². The van der Waals surface area contributed by atoms with E-state index in [2.05, 4.69) is 0 Å². The second-order valence-corrected chi connectivity index (χ2v) is 5.59. The summed E-state index contributed by atoms with van der Waals surface area (Å²) in [5.74, 6) is 0.0892. The quantitative estimate of drug-likeness (QED) is 0.658. The summed E-state index contributed by atoms with van der Waals surface area (Å²) in [6, 6.07) is 9.45. The van der Waals surface area contributed by atoms with Gasteiger partial charge in [0.15, 0.2) is 5.82 Å². The van der Waals surface area contributed by atoms with E-state index in [1.165, 1.54) is 17.8 Å². The summed E-state index contributed by atoms with van der Waals surface area (Å²) < 4.78 is 14.0. The molecule has 0 unspecified atom stereocenters. The number of aryl methyl sites for hydroxylation is 1. The van der Waals surface area contributed by atoms with Crippen LogP contribution in [0, 0.1) is 12.7 Å². The molecule has 0 atom stereocenters. The fourth-order valence-corrected chi connectivity index (χ4v) is 3.00. The Labute approximate surface area is 120 Å². The van der Waals surface area contributed by atoms with Crippen molar-refractivity contribution in [3.63, 3.8) is 0 Å². The van der Waals surface area contributed by atoms with Gasteiger partial charge in [0.25, 0.3) is 0 Å². The van der Waals surface area contributed by atoms with Gasteiger partial charge in [-0.05, 0) is 24.1 Å². The Morgan fingerprint density at radius 3 is 2.58 bits per heavy atom. The first kappa shape index (κ1) is 14.0. The lowest BCUT2D eigenvalue weighted by Gasteiger charge is -2.11. The zero-order valence-corrected chi connectivity index (χ0v) is 12.0. The molecule has 100 valence electrons. The molecule has 19 heavy (non-hydrogen) atoms. The molecule has 5 heteroatoms. The lowest BCUT2D eigenvalue weighted by atomic mass is 10.1. The van der Waals surface area contributed by atoms with Crippen LogP contribution in [0.15, 0.2) is 35.2 Å². The van der Waals surface area contributed by atoms with Gasteiger partial charge in [-0.3, -0.25) is 0 Å². The topological polar surface area (TPSA) is 52.0 Å². The molecule has 0 amide bonds. The number of nitrogens with two attached hydrogens (primary N) is 2. The summed E-state index contributed by atoms with van der Waals surface area (Å²) >= 11 is 7.12.